The third-order valence-corrected chi connectivity index (χ3v) is 4.38. The summed E-state index contributed by atoms with van der Waals surface area (Å²) in [6, 6.07) is 5.20. The summed E-state index contributed by atoms with van der Waals surface area (Å²) in [5.74, 6) is 0.154. The maximum absolute atomic E-state index is 11.4. The molecule has 0 aromatic heterocycles. The standard InChI is InChI=1S/C11H15Cl2NO2S/c1-2-7-17(15,16)14-6-5-9-3-4-10(12)8-11(9)13/h3-4,8,14H,2,5-7H2,1H3. The second-order valence-corrected chi connectivity index (χ2v) is 6.47. The van der Waals surface area contributed by atoms with Gasteiger partial charge in [0.25, 0.3) is 0 Å². The summed E-state index contributed by atoms with van der Waals surface area (Å²) in [5, 5.41) is 1.14. The van der Waals surface area contributed by atoms with Crippen molar-refractivity contribution in [3.05, 3.63) is 33.8 Å². The van der Waals surface area contributed by atoms with Crippen molar-refractivity contribution in [3.8, 4) is 0 Å². The molecule has 6 heteroatoms. The maximum Gasteiger partial charge on any atom is 0.211 e. The van der Waals surface area contributed by atoms with Crippen molar-refractivity contribution in [2.24, 2.45) is 0 Å². The Morgan fingerprint density at radius 1 is 1.29 bits per heavy atom. The zero-order valence-electron chi connectivity index (χ0n) is 9.54. The molecular weight excluding hydrogens is 281 g/mol. The van der Waals surface area contributed by atoms with Crippen LogP contribution in [0.1, 0.15) is 18.9 Å². The van der Waals surface area contributed by atoms with Crippen LogP contribution < -0.4 is 4.72 Å². The van der Waals surface area contributed by atoms with E-state index in [9.17, 15) is 8.42 Å². The summed E-state index contributed by atoms with van der Waals surface area (Å²) in [6.45, 7) is 2.18. The quantitative estimate of drug-likeness (QED) is 0.877. The number of hydrogen-bond donors (Lipinski definition) is 1. The third kappa shape index (κ3) is 5.25. The fourth-order valence-corrected chi connectivity index (χ4v) is 3.00. The predicted octanol–water partition coefficient (Wildman–Crippen LogP) is 2.87. The van der Waals surface area contributed by atoms with Crippen molar-refractivity contribution in [1.82, 2.24) is 4.72 Å². The highest BCUT2D eigenvalue weighted by atomic mass is 35.5. The van der Waals surface area contributed by atoms with Gasteiger partial charge in [-0.1, -0.05) is 36.2 Å². The van der Waals surface area contributed by atoms with E-state index in [0.717, 1.165) is 5.56 Å². The van der Waals surface area contributed by atoms with Crippen LogP contribution in [0.4, 0.5) is 0 Å². The van der Waals surface area contributed by atoms with E-state index in [1.54, 1.807) is 18.2 Å². The Labute approximate surface area is 112 Å². The fourth-order valence-electron chi connectivity index (χ4n) is 1.41. The van der Waals surface area contributed by atoms with Crippen LogP contribution in [0.15, 0.2) is 18.2 Å². The highest BCUT2D eigenvalue weighted by Crippen LogP contribution is 2.21. The lowest BCUT2D eigenvalue weighted by molar-refractivity contribution is 0.580. The van der Waals surface area contributed by atoms with Crippen LogP contribution in [0.5, 0.6) is 0 Å². The Bertz CT molecular complexity index is 474. The van der Waals surface area contributed by atoms with Crippen LogP contribution in [0.2, 0.25) is 10.0 Å². The molecule has 96 valence electrons. The molecule has 17 heavy (non-hydrogen) atoms. The van der Waals surface area contributed by atoms with Crippen LogP contribution in [0, 0.1) is 0 Å². The van der Waals surface area contributed by atoms with E-state index in [0.29, 0.717) is 29.4 Å². The van der Waals surface area contributed by atoms with Gasteiger partial charge in [-0.3, -0.25) is 0 Å². The van der Waals surface area contributed by atoms with Gasteiger partial charge >= 0.3 is 0 Å². The summed E-state index contributed by atoms with van der Waals surface area (Å²) in [7, 11) is -3.14. The smallest absolute Gasteiger partial charge is 0.211 e. The summed E-state index contributed by atoms with van der Waals surface area (Å²) < 4.78 is 25.3. The minimum absolute atomic E-state index is 0.154. The Morgan fingerprint density at radius 3 is 2.59 bits per heavy atom. The number of benzene rings is 1. The van der Waals surface area contributed by atoms with E-state index in [1.807, 2.05) is 6.92 Å². The molecule has 0 aliphatic carbocycles. The molecule has 0 amide bonds. The second kappa shape index (κ2) is 6.59. The average molecular weight is 296 g/mol. The molecule has 0 saturated carbocycles. The zero-order chi connectivity index (χ0) is 12.9. The number of hydrogen-bond acceptors (Lipinski definition) is 2. The summed E-state index contributed by atoms with van der Waals surface area (Å²) in [5.41, 5.74) is 0.885. The van der Waals surface area contributed by atoms with Gasteiger partial charge in [0.15, 0.2) is 0 Å². The normalized spacial score (nSPS) is 11.7. The van der Waals surface area contributed by atoms with Gasteiger partial charge in [0.2, 0.25) is 10.0 Å². The molecule has 3 nitrogen and oxygen atoms in total. The minimum atomic E-state index is -3.14. The molecule has 0 heterocycles. The predicted molar refractivity (Wildman–Crippen MR) is 72.2 cm³/mol. The van der Waals surface area contributed by atoms with E-state index in [-0.39, 0.29) is 5.75 Å². The van der Waals surface area contributed by atoms with Gasteiger partial charge in [0, 0.05) is 16.6 Å². The van der Waals surface area contributed by atoms with Crippen molar-refractivity contribution in [3.63, 3.8) is 0 Å². The van der Waals surface area contributed by atoms with Crippen molar-refractivity contribution in [1.29, 1.82) is 0 Å². The zero-order valence-corrected chi connectivity index (χ0v) is 11.9. The summed E-state index contributed by atoms with van der Waals surface area (Å²) >= 11 is 11.7. The fraction of sp³-hybridized carbons (Fsp3) is 0.455. The second-order valence-electron chi connectivity index (χ2n) is 3.70. The minimum Gasteiger partial charge on any atom is -0.215 e. The van der Waals surface area contributed by atoms with Crippen molar-refractivity contribution >= 4 is 33.2 Å². The lowest BCUT2D eigenvalue weighted by atomic mass is 10.1. The molecule has 0 radical (unpaired) electrons. The van der Waals surface area contributed by atoms with Crippen molar-refractivity contribution in [2.45, 2.75) is 19.8 Å². The molecule has 0 saturated heterocycles. The molecule has 1 rings (SSSR count). The summed E-state index contributed by atoms with van der Waals surface area (Å²) in [4.78, 5) is 0. The Hall–Kier alpha value is -0.290. The largest absolute Gasteiger partial charge is 0.215 e. The number of nitrogens with one attached hydrogen (secondary N) is 1. The molecule has 0 aliphatic heterocycles. The van der Waals surface area contributed by atoms with Gasteiger partial charge in [-0.15, -0.1) is 0 Å². The lowest BCUT2D eigenvalue weighted by Crippen LogP contribution is -2.28. The van der Waals surface area contributed by atoms with Gasteiger partial charge < -0.3 is 0 Å². The Balaban J connectivity index is 2.51. The molecule has 1 aromatic rings. The monoisotopic (exact) mass is 295 g/mol. The molecule has 0 fully saturated rings. The van der Waals surface area contributed by atoms with E-state index >= 15 is 0 Å². The molecule has 0 bridgehead atoms. The molecule has 1 aromatic carbocycles. The average Bonchev–Trinajstić information content (AvgIpc) is 2.21. The van der Waals surface area contributed by atoms with Gasteiger partial charge in [-0.2, -0.15) is 0 Å². The molecule has 1 N–H and O–H groups in total. The van der Waals surface area contributed by atoms with Gasteiger partial charge in [-0.05, 0) is 30.5 Å². The van der Waals surface area contributed by atoms with E-state index < -0.39 is 10.0 Å². The first-order chi connectivity index (χ1) is 7.94. The van der Waals surface area contributed by atoms with E-state index in [2.05, 4.69) is 4.72 Å². The van der Waals surface area contributed by atoms with Gasteiger partial charge in [0.1, 0.15) is 0 Å². The molecular formula is C11H15Cl2NO2S. The summed E-state index contributed by atoms with van der Waals surface area (Å²) in [6.07, 6.45) is 1.16. The molecule has 0 spiro atoms. The number of rotatable bonds is 6. The topological polar surface area (TPSA) is 46.2 Å². The van der Waals surface area contributed by atoms with Crippen LogP contribution in [-0.4, -0.2) is 20.7 Å². The van der Waals surface area contributed by atoms with Crippen LogP contribution in [0.3, 0.4) is 0 Å². The first-order valence-electron chi connectivity index (χ1n) is 5.36. The highest BCUT2D eigenvalue weighted by Gasteiger charge is 2.08. The van der Waals surface area contributed by atoms with E-state index in [4.69, 9.17) is 23.2 Å². The van der Waals surface area contributed by atoms with E-state index in [1.165, 1.54) is 0 Å². The Morgan fingerprint density at radius 2 is 2.00 bits per heavy atom. The van der Waals surface area contributed by atoms with Crippen LogP contribution in [-0.2, 0) is 16.4 Å². The first kappa shape index (κ1) is 14.8. The molecule has 0 atom stereocenters. The van der Waals surface area contributed by atoms with Crippen LogP contribution >= 0.6 is 23.2 Å². The van der Waals surface area contributed by atoms with Crippen molar-refractivity contribution in [2.75, 3.05) is 12.3 Å². The maximum atomic E-state index is 11.4. The molecule has 0 unspecified atom stereocenters. The van der Waals surface area contributed by atoms with Gasteiger partial charge in [0.05, 0.1) is 5.75 Å². The number of sulfonamides is 1. The number of halogens is 2. The van der Waals surface area contributed by atoms with Gasteiger partial charge in [-0.25, -0.2) is 13.1 Å². The highest BCUT2D eigenvalue weighted by molar-refractivity contribution is 7.89. The first-order valence-corrected chi connectivity index (χ1v) is 7.76. The lowest BCUT2D eigenvalue weighted by Gasteiger charge is -2.07. The van der Waals surface area contributed by atoms with Crippen molar-refractivity contribution < 1.29 is 8.42 Å². The SMILES string of the molecule is CCCS(=O)(=O)NCCc1ccc(Cl)cc1Cl. The molecule has 0 aliphatic rings. The van der Waals surface area contributed by atoms with Crippen LogP contribution in [0.25, 0.3) is 0 Å². The third-order valence-electron chi connectivity index (χ3n) is 2.20. The Kier molecular flexibility index (Phi) is 5.73.